The van der Waals surface area contributed by atoms with Crippen LogP contribution in [-0.4, -0.2) is 17.4 Å². The Balaban J connectivity index is 1.51. The van der Waals surface area contributed by atoms with Crippen molar-refractivity contribution in [3.63, 3.8) is 0 Å². The first kappa shape index (κ1) is 32.4. The number of carbonyl (C=O) groups excluding carboxylic acids is 1. The highest BCUT2D eigenvalue weighted by atomic mass is 79.9. The van der Waals surface area contributed by atoms with Crippen LogP contribution in [0.5, 0.6) is 11.5 Å². The van der Waals surface area contributed by atoms with Crippen LogP contribution in [0.1, 0.15) is 117 Å². The highest BCUT2D eigenvalue weighted by Crippen LogP contribution is 2.26. The summed E-state index contributed by atoms with van der Waals surface area (Å²) in [6, 6.07) is 15.9. The van der Waals surface area contributed by atoms with Gasteiger partial charge in [-0.1, -0.05) is 151 Å². The molecule has 2 rings (SSSR count). The van der Waals surface area contributed by atoms with Gasteiger partial charge < -0.3 is 9.47 Å². The summed E-state index contributed by atoms with van der Waals surface area (Å²) >= 11 is 3.39. The molecule has 1 atom stereocenters. The van der Waals surface area contributed by atoms with E-state index in [0.29, 0.717) is 5.75 Å². The van der Waals surface area contributed by atoms with E-state index in [-0.39, 0.29) is 16.7 Å². The molecule has 0 fully saturated rings. The van der Waals surface area contributed by atoms with Crippen molar-refractivity contribution in [1.29, 1.82) is 0 Å². The number of halogens is 1. The van der Waals surface area contributed by atoms with E-state index in [1.165, 1.54) is 89.9 Å². The third-order valence-corrected chi connectivity index (χ3v) is 8.52. The van der Waals surface area contributed by atoms with Crippen LogP contribution >= 0.6 is 15.9 Å². The topological polar surface area (TPSA) is 35.5 Å². The zero-order valence-electron chi connectivity index (χ0n) is 24.2. The molecule has 0 aliphatic heterocycles. The molecule has 38 heavy (non-hydrogen) atoms. The molecule has 4 heteroatoms. The number of hydrogen-bond acceptors (Lipinski definition) is 3. The minimum absolute atomic E-state index is 0.182. The van der Waals surface area contributed by atoms with E-state index in [1.807, 2.05) is 50.2 Å². The van der Waals surface area contributed by atoms with Gasteiger partial charge in [0.1, 0.15) is 16.3 Å². The molecule has 0 N–H and O–H groups in total. The summed E-state index contributed by atoms with van der Waals surface area (Å²) in [5.74, 6) is 1.40. The molecule has 0 aliphatic rings. The molecule has 0 aromatic heterocycles. The van der Waals surface area contributed by atoms with Gasteiger partial charge in [-0.2, -0.15) is 0 Å². The van der Waals surface area contributed by atoms with Crippen LogP contribution in [0.25, 0.3) is 11.1 Å². The molecule has 0 saturated heterocycles. The lowest BCUT2D eigenvalue weighted by Gasteiger charge is -2.13. The molecule has 212 valence electrons. The number of esters is 1. The standard InChI is InChI=1S/C34H51BrO3/c1-4-5-6-7-8-9-10-11-12-13-14-15-16-17-18-27-37-31-23-19-29(20-24-31)30-21-25-32(26-22-30)38-34(36)33(35)28(2)3/h19-26,28,33H,4-18,27H2,1-3H3. The van der Waals surface area contributed by atoms with Gasteiger partial charge in [0.25, 0.3) is 0 Å². The molecule has 2 aromatic rings. The first-order valence-electron chi connectivity index (χ1n) is 15.2. The fourth-order valence-corrected chi connectivity index (χ4v) is 4.66. The Morgan fingerprint density at radius 1 is 0.632 bits per heavy atom. The molecule has 0 heterocycles. The van der Waals surface area contributed by atoms with Crippen LogP contribution in [0.3, 0.4) is 0 Å². The molecule has 0 radical (unpaired) electrons. The number of ether oxygens (including phenoxy) is 2. The Morgan fingerprint density at radius 3 is 1.45 bits per heavy atom. The minimum atomic E-state index is -0.302. The van der Waals surface area contributed by atoms with Gasteiger partial charge in [0.05, 0.1) is 6.61 Å². The van der Waals surface area contributed by atoms with Gasteiger partial charge in [0.2, 0.25) is 0 Å². The lowest BCUT2D eigenvalue weighted by molar-refractivity contribution is -0.134. The van der Waals surface area contributed by atoms with Crippen molar-refractivity contribution in [2.75, 3.05) is 6.61 Å². The van der Waals surface area contributed by atoms with Crippen molar-refractivity contribution in [2.24, 2.45) is 5.92 Å². The van der Waals surface area contributed by atoms with Gasteiger partial charge in [-0.25, -0.2) is 0 Å². The predicted molar refractivity (Wildman–Crippen MR) is 165 cm³/mol. The quantitative estimate of drug-likeness (QED) is 0.0631. The average molecular weight is 588 g/mol. The zero-order valence-corrected chi connectivity index (χ0v) is 25.8. The molecule has 0 amide bonds. The first-order valence-corrected chi connectivity index (χ1v) is 16.1. The Morgan fingerprint density at radius 2 is 1.03 bits per heavy atom. The van der Waals surface area contributed by atoms with Crippen molar-refractivity contribution in [3.05, 3.63) is 48.5 Å². The molecule has 1 unspecified atom stereocenters. The molecular formula is C34H51BrO3. The fourth-order valence-electron chi connectivity index (χ4n) is 4.57. The van der Waals surface area contributed by atoms with E-state index in [4.69, 9.17) is 9.47 Å². The normalized spacial score (nSPS) is 12.0. The number of carbonyl (C=O) groups is 1. The van der Waals surface area contributed by atoms with Crippen LogP contribution in [0.15, 0.2) is 48.5 Å². The number of rotatable bonds is 21. The van der Waals surface area contributed by atoms with Crippen molar-refractivity contribution in [1.82, 2.24) is 0 Å². The Kier molecular flexibility index (Phi) is 17.2. The molecule has 0 aliphatic carbocycles. The summed E-state index contributed by atoms with van der Waals surface area (Å²) in [6.07, 6.45) is 20.6. The van der Waals surface area contributed by atoms with E-state index in [1.54, 1.807) is 0 Å². The second-order valence-corrected chi connectivity index (χ2v) is 11.9. The van der Waals surface area contributed by atoms with Crippen molar-refractivity contribution >= 4 is 21.9 Å². The van der Waals surface area contributed by atoms with Gasteiger partial charge in [-0.15, -0.1) is 0 Å². The van der Waals surface area contributed by atoms with E-state index in [2.05, 4.69) is 35.0 Å². The lowest BCUT2D eigenvalue weighted by atomic mass is 10.0. The molecule has 2 aromatic carbocycles. The molecule has 0 saturated carbocycles. The Labute approximate surface area is 241 Å². The largest absolute Gasteiger partial charge is 0.494 e. The van der Waals surface area contributed by atoms with Gasteiger partial charge >= 0.3 is 5.97 Å². The van der Waals surface area contributed by atoms with Gasteiger partial charge in [0.15, 0.2) is 0 Å². The second-order valence-electron chi connectivity index (χ2n) is 10.9. The smallest absolute Gasteiger partial charge is 0.325 e. The Bertz CT molecular complexity index is 860. The van der Waals surface area contributed by atoms with E-state index >= 15 is 0 Å². The fraction of sp³-hybridized carbons (Fsp3) is 0.618. The van der Waals surface area contributed by atoms with Gasteiger partial charge in [-0.05, 0) is 47.7 Å². The SMILES string of the molecule is CCCCCCCCCCCCCCCCCOc1ccc(-c2ccc(OC(=O)C(Br)C(C)C)cc2)cc1. The van der Waals surface area contributed by atoms with E-state index in [9.17, 15) is 4.79 Å². The maximum atomic E-state index is 12.1. The van der Waals surface area contributed by atoms with E-state index < -0.39 is 0 Å². The minimum Gasteiger partial charge on any atom is -0.494 e. The van der Waals surface area contributed by atoms with Gasteiger partial charge in [0, 0.05) is 0 Å². The summed E-state index contributed by atoms with van der Waals surface area (Å²) < 4.78 is 11.4. The summed E-state index contributed by atoms with van der Waals surface area (Å²) in [7, 11) is 0. The van der Waals surface area contributed by atoms with Crippen molar-refractivity contribution < 1.29 is 14.3 Å². The predicted octanol–water partition coefficient (Wildman–Crippen LogP) is 10.9. The molecule has 0 bridgehead atoms. The number of benzene rings is 2. The lowest BCUT2D eigenvalue weighted by Crippen LogP contribution is -2.24. The monoisotopic (exact) mass is 586 g/mol. The first-order chi connectivity index (χ1) is 18.5. The number of hydrogen-bond donors (Lipinski definition) is 0. The van der Waals surface area contributed by atoms with Crippen molar-refractivity contribution in [2.45, 2.75) is 122 Å². The summed E-state index contributed by atoms with van der Waals surface area (Å²) in [5.41, 5.74) is 2.20. The third kappa shape index (κ3) is 13.8. The van der Waals surface area contributed by atoms with Crippen LogP contribution in [-0.2, 0) is 4.79 Å². The summed E-state index contributed by atoms with van der Waals surface area (Å²) in [6.45, 7) is 7.03. The highest BCUT2D eigenvalue weighted by molar-refractivity contribution is 9.10. The highest BCUT2D eigenvalue weighted by Gasteiger charge is 2.20. The summed E-state index contributed by atoms with van der Waals surface area (Å²) in [4.78, 5) is 11.8. The molecule has 3 nitrogen and oxygen atoms in total. The average Bonchev–Trinajstić information content (AvgIpc) is 2.93. The van der Waals surface area contributed by atoms with Gasteiger partial charge in [-0.3, -0.25) is 4.79 Å². The maximum absolute atomic E-state index is 12.1. The third-order valence-electron chi connectivity index (χ3n) is 7.09. The number of unbranched alkanes of at least 4 members (excludes halogenated alkanes) is 14. The van der Waals surface area contributed by atoms with Crippen LogP contribution in [0, 0.1) is 5.92 Å². The van der Waals surface area contributed by atoms with Crippen LogP contribution in [0.4, 0.5) is 0 Å². The zero-order chi connectivity index (χ0) is 27.4. The molecular weight excluding hydrogens is 536 g/mol. The second kappa shape index (κ2) is 20.1. The Hall–Kier alpha value is -1.81. The van der Waals surface area contributed by atoms with Crippen LogP contribution < -0.4 is 9.47 Å². The summed E-state index contributed by atoms with van der Waals surface area (Å²) in [5, 5.41) is 0. The van der Waals surface area contributed by atoms with E-state index in [0.717, 1.165) is 29.9 Å². The van der Waals surface area contributed by atoms with Crippen molar-refractivity contribution in [3.8, 4) is 22.6 Å². The maximum Gasteiger partial charge on any atom is 0.325 e. The van der Waals surface area contributed by atoms with Crippen LogP contribution in [0.2, 0.25) is 0 Å². The number of alkyl halides is 1. The molecule has 0 spiro atoms.